The molecule has 0 amide bonds. The molecule has 4 heteroatoms. The molecular formula is C22H26BrN2O. The van der Waals surface area contributed by atoms with Crippen molar-refractivity contribution < 1.29 is 4.74 Å². The van der Waals surface area contributed by atoms with Crippen LogP contribution in [0.3, 0.4) is 0 Å². The third-order valence-electron chi connectivity index (χ3n) is 5.83. The van der Waals surface area contributed by atoms with E-state index >= 15 is 0 Å². The Morgan fingerprint density at radius 1 is 1.12 bits per heavy atom. The van der Waals surface area contributed by atoms with Gasteiger partial charge in [0.15, 0.2) is 0 Å². The molecule has 2 aromatic rings. The number of anilines is 1. The molecule has 0 saturated carbocycles. The lowest BCUT2D eigenvalue weighted by Crippen LogP contribution is -2.56. The van der Waals surface area contributed by atoms with Gasteiger partial charge in [0.05, 0.1) is 6.61 Å². The number of hydrogen-bond donors (Lipinski definition) is 0. The third kappa shape index (κ3) is 3.68. The fraction of sp³-hybridized carbons (Fsp3) is 0.455. The minimum atomic E-state index is 0.619. The van der Waals surface area contributed by atoms with Crippen LogP contribution in [0.15, 0.2) is 46.9 Å². The Kier molecular flexibility index (Phi) is 5.63. The van der Waals surface area contributed by atoms with Gasteiger partial charge in [-0.2, -0.15) is 0 Å². The van der Waals surface area contributed by atoms with Crippen molar-refractivity contribution in [1.29, 1.82) is 0 Å². The molecule has 2 aliphatic heterocycles. The first kappa shape index (κ1) is 18.0. The average molecular weight is 414 g/mol. The molecule has 2 saturated heterocycles. The van der Waals surface area contributed by atoms with Gasteiger partial charge in [-0.3, -0.25) is 4.90 Å². The smallest absolute Gasteiger partial charge is 0.0744 e. The number of piperidine rings is 1. The molecule has 0 spiro atoms. The highest BCUT2D eigenvalue weighted by Crippen LogP contribution is 2.35. The summed E-state index contributed by atoms with van der Waals surface area (Å²) in [6.07, 6.45) is 2.56. The number of halogens is 1. The Labute approximate surface area is 165 Å². The first-order chi connectivity index (χ1) is 12.8. The normalized spacial score (nSPS) is 23.7. The Balaban J connectivity index is 1.46. The number of hydrogen-bond acceptors (Lipinski definition) is 3. The van der Waals surface area contributed by atoms with Crippen molar-refractivity contribution in [3.8, 4) is 0 Å². The lowest BCUT2D eigenvalue weighted by Gasteiger charge is -2.47. The summed E-state index contributed by atoms with van der Waals surface area (Å²) >= 11 is 3.64. The number of rotatable bonds is 4. The summed E-state index contributed by atoms with van der Waals surface area (Å²) in [6.45, 7) is 5.13. The fourth-order valence-corrected chi connectivity index (χ4v) is 4.91. The van der Waals surface area contributed by atoms with Crippen LogP contribution in [0.1, 0.15) is 29.9 Å². The maximum absolute atomic E-state index is 5.42. The van der Waals surface area contributed by atoms with E-state index in [2.05, 4.69) is 68.2 Å². The van der Waals surface area contributed by atoms with E-state index < -0.39 is 0 Å². The van der Waals surface area contributed by atoms with Crippen molar-refractivity contribution in [2.75, 3.05) is 38.2 Å². The standard InChI is InChI=1S/C22H26BrN2O/c1-26-16-20-21(23)8-5-9-22(20)25-13-12-24-14-18(10-11-19(24)15-25)17-6-3-2-4-7-17/h2-7,9,18-19H,10-16H2,1H3/t18-,19+/m0/s1. The molecule has 26 heavy (non-hydrogen) atoms. The Bertz CT molecular complexity index is 736. The monoisotopic (exact) mass is 413 g/mol. The Morgan fingerprint density at radius 2 is 1.96 bits per heavy atom. The fourth-order valence-electron chi connectivity index (χ4n) is 4.46. The molecule has 4 rings (SSSR count). The van der Waals surface area contributed by atoms with Crippen LogP contribution < -0.4 is 4.90 Å². The van der Waals surface area contributed by atoms with Gasteiger partial charge in [-0.1, -0.05) is 36.4 Å². The zero-order valence-corrected chi connectivity index (χ0v) is 16.9. The molecule has 2 aliphatic rings. The van der Waals surface area contributed by atoms with Crippen LogP contribution >= 0.6 is 15.9 Å². The SMILES string of the molecule is COCc1c(Br)[c]ccc1N1CCN2C[C@@H](c3ccccc3)CC[C@@H]2C1. The van der Waals surface area contributed by atoms with E-state index in [4.69, 9.17) is 4.74 Å². The van der Waals surface area contributed by atoms with Crippen LogP contribution in [0.25, 0.3) is 0 Å². The van der Waals surface area contributed by atoms with Crippen LogP contribution in [0, 0.1) is 6.07 Å². The van der Waals surface area contributed by atoms with Crippen molar-refractivity contribution in [1.82, 2.24) is 4.90 Å². The number of piperazine rings is 1. The van der Waals surface area contributed by atoms with Crippen molar-refractivity contribution in [3.05, 3.63) is 64.1 Å². The van der Waals surface area contributed by atoms with Gasteiger partial charge in [0.2, 0.25) is 0 Å². The first-order valence-corrected chi connectivity index (χ1v) is 10.3. The van der Waals surface area contributed by atoms with E-state index in [-0.39, 0.29) is 0 Å². The molecule has 0 unspecified atom stereocenters. The number of ether oxygens (including phenoxy) is 1. The molecule has 0 aromatic heterocycles. The van der Waals surface area contributed by atoms with Crippen molar-refractivity contribution in [2.45, 2.75) is 31.4 Å². The largest absolute Gasteiger partial charge is 0.380 e. The van der Waals surface area contributed by atoms with Gasteiger partial charge in [-0.05, 0) is 52.4 Å². The number of benzene rings is 2. The quantitative estimate of drug-likeness (QED) is 0.735. The molecule has 0 aliphatic carbocycles. The Hall–Kier alpha value is -1.36. The summed E-state index contributed by atoms with van der Waals surface area (Å²) in [7, 11) is 1.76. The molecule has 137 valence electrons. The topological polar surface area (TPSA) is 15.7 Å². The van der Waals surface area contributed by atoms with Crippen molar-refractivity contribution in [2.24, 2.45) is 0 Å². The zero-order valence-electron chi connectivity index (χ0n) is 15.3. The zero-order chi connectivity index (χ0) is 17.9. The highest BCUT2D eigenvalue weighted by Gasteiger charge is 2.34. The van der Waals surface area contributed by atoms with Crippen LogP contribution in [-0.4, -0.2) is 44.2 Å². The van der Waals surface area contributed by atoms with Crippen molar-refractivity contribution in [3.63, 3.8) is 0 Å². The highest BCUT2D eigenvalue weighted by molar-refractivity contribution is 9.10. The summed E-state index contributed by atoms with van der Waals surface area (Å²) in [5.41, 5.74) is 4.00. The molecular weight excluding hydrogens is 388 g/mol. The lowest BCUT2D eigenvalue weighted by atomic mass is 9.86. The van der Waals surface area contributed by atoms with Crippen LogP contribution in [0.5, 0.6) is 0 Å². The van der Waals surface area contributed by atoms with Gasteiger partial charge >= 0.3 is 0 Å². The highest BCUT2D eigenvalue weighted by atomic mass is 79.9. The number of methoxy groups -OCH3 is 1. The van der Waals surface area contributed by atoms with E-state index in [0.717, 1.165) is 24.1 Å². The molecule has 0 bridgehead atoms. The van der Waals surface area contributed by atoms with Gasteiger partial charge in [0, 0.05) is 55.1 Å². The molecule has 3 nitrogen and oxygen atoms in total. The van der Waals surface area contributed by atoms with Gasteiger partial charge in [0.1, 0.15) is 0 Å². The van der Waals surface area contributed by atoms with Gasteiger partial charge in [-0.15, -0.1) is 0 Å². The van der Waals surface area contributed by atoms with Gasteiger partial charge in [0.25, 0.3) is 0 Å². The van der Waals surface area contributed by atoms with E-state index in [9.17, 15) is 0 Å². The molecule has 1 radical (unpaired) electrons. The lowest BCUT2D eigenvalue weighted by molar-refractivity contribution is 0.118. The molecule has 0 N–H and O–H groups in total. The maximum Gasteiger partial charge on any atom is 0.0744 e. The van der Waals surface area contributed by atoms with E-state index in [1.54, 1.807) is 7.11 Å². The molecule has 2 aromatic carbocycles. The average Bonchev–Trinajstić information content (AvgIpc) is 2.69. The van der Waals surface area contributed by atoms with E-state index in [0.29, 0.717) is 18.6 Å². The minimum absolute atomic E-state index is 0.619. The van der Waals surface area contributed by atoms with Crippen LogP contribution in [0.4, 0.5) is 5.69 Å². The van der Waals surface area contributed by atoms with Gasteiger partial charge < -0.3 is 9.64 Å². The summed E-state index contributed by atoms with van der Waals surface area (Å²) in [5, 5.41) is 0. The summed E-state index contributed by atoms with van der Waals surface area (Å²) in [5.74, 6) is 0.684. The van der Waals surface area contributed by atoms with E-state index in [1.807, 2.05) is 6.07 Å². The predicted molar refractivity (Wildman–Crippen MR) is 110 cm³/mol. The van der Waals surface area contributed by atoms with Gasteiger partial charge in [-0.25, -0.2) is 0 Å². The van der Waals surface area contributed by atoms with Crippen molar-refractivity contribution >= 4 is 21.6 Å². The van der Waals surface area contributed by atoms with Crippen LogP contribution in [-0.2, 0) is 11.3 Å². The van der Waals surface area contributed by atoms with E-state index in [1.165, 1.54) is 36.2 Å². The second-order valence-electron chi connectivity index (χ2n) is 7.37. The second-order valence-corrected chi connectivity index (χ2v) is 8.16. The first-order valence-electron chi connectivity index (χ1n) is 9.48. The van der Waals surface area contributed by atoms with Crippen LogP contribution in [0.2, 0.25) is 0 Å². The molecule has 2 heterocycles. The summed E-state index contributed by atoms with van der Waals surface area (Å²) < 4.78 is 6.44. The third-order valence-corrected chi connectivity index (χ3v) is 6.54. The summed E-state index contributed by atoms with van der Waals surface area (Å²) in [6, 6.07) is 19.1. The number of fused-ring (bicyclic) bond motifs is 1. The maximum atomic E-state index is 5.42. The minimum Gasteiger partial charge on any atom is -0.380 e. The second kappa shape index (κ2) is 8.12. The molecule has 2 atom stereocenters. The predicted octanol–water partition coefficient (Wildman–Crippen LogP) is 4.46. The molecule has 2 fully saturated rings. The number of nitrogens with zero attached hydrogens (tertiary/aromatic N) is 2. The Morgan fingerprint density at radius 3 is 2.77 bits per heavy atom. The summed E-state index contributed by atoms with van der Waals surface area (Å²) in [4.78, 5) is 5.24.